The van der Waals surface area contributed by atoms with Crippen molar-refractivity contribution in [2.75, 3.05) is 7.11 Å². The van der Waals surface area contributed by atoms with E-state index in [4.69, 9.17) is 9.73 Å². The first kappa shape index (κ1) is 21.3. The molecule has 5 rings (SSSR count). The van der Waals surface area contributed by atoms with Gasteiger partial charge in [0.1, 0.15) is 5.75 Å². The largest absolute Gasteiger partial charge is 0.497 e. The van der Waals surface area contributed by atoms with Gasteiger partial charge < -0.3 is 10.1 Å². The van der Waals surface area contributed by atoms with Crippen LogP contribution in [0.5, 0.6) is 5.75 Å². The molecule has 168 valence electrons. The van der Waals surface area contributed by atoms with E-state index in [1.54, 1.807) is 42.9 Å². The topological polar surface area (TPSA) is 85.6 Å². The van der Waals surface area contributed by atoms with Gasteiger partial charge in [-0.15, -0.1) is 0 Å². The van der Waals surface area contributed by atoms with Crippen LogP contribution in [0.4, 0.5) is 0 Å². The smallest absolute Gasteiger partial charge is 0.261 e. The first-order valence-corrected chi connectivity index (χ1v) is 10.8. The number of ether oxygens (including phenoxy) is 1. The zero-order chi connectivity index (χ0) is 23.7. The van der Waals surface area contributed by atoms with Gasteiger partial charge >= 0.3 is 0 Å². The highest BCUT2D eigenvalue weighted by atomic mass is 16.5. The van der Waals surface area contributed by atoms with E-state index >= 15 is 0 Å². The Morgan fingerprint density at radius 2 is 1.76 bits per heavy atom. The lowest BCUT2D eigenvalue weighted by Gasteiger charge is -2.18. The maximum Gasteiger partial charge on any atom is 0.261 e. The van der Waals surface area contributed by atoms with Gasteiger partial charge in [0, 0.05) is 28.5 Å². The normalized spacial score (nSPS) is 14.3. The molecule has 0 aliphatic carbocycles. The highest BCUT2D eigenvalue weighted by Gasteiger charge is 2.28. The quantitative estimate of drug-likeness (QED) is 0.512. The standard InChI is InChI=1S/C27H22N4O3/c1-17-16-28-25-24(30-26(32)19-11-8-12-20(15-19)34-2)29-23(18-9-4-3-5-10-18)21-13-6-7-14-22(21)31(25)27(17)33/h3-16,24H,1-2H3,(H,30,32). The molecular weight excluding hydrogens is 428 g/mol. The van der Waals surface area contributed by atoms with Crippen molar-refractivity contribution in [1.82, 2.24) is 14.9 Å². The highest BCUT2D eigenvalue weighted by molar-refractivity contribution is 6.15. The SMILES string of the molecule is COc1cccc(C(=O)NC2N=C(c3ccccc3)c3ccccc3-n3c2ncc(C)c3=O)c1. The number of benzene rings is 3. The van der Waals surface area contributed by atoms with Crippen molar-refractivity contribution in [2.24, 2.45) is 4.99 Å². The monoisotopic (exact) mass is 450 g/mol. The summed E-state index contributed by atoms with van der Waals surface area (Å²) in [6, 6.07) is 24.1. The molecule has 2 heterocycles. The zero-order valence-electron chi connectivity index (χ0n) is 18.7. The molecule has 1 atom stereocenters. The molecule has 7 heteroatoms. The lowest BCUT2D eigenvalue weighted by molar-refractivity contribution is 0.0935. The fourth-order valence-corrected chi connectivity index (χ4v) is 4.00. The molecule has 1 unspecified atom stereocenters. The number of methoxy groups -OCH3 is 1. The van der Waals surface area contributed by atoms with Gasteiger partial charge in [0.15, 0.2) is 12.0 Å². The van der Waals surface area contributed by atoms with Gasteiger partial charge in [0.05, 0.1) is 18.5 Å². The minimum atomic E-state index is -0.894. The van der Waals surface area contributed by atoms with E-state index in [-0.39, 0.29) is 11.5 Å². The Morgan fingerprint density at radius 3 is 2.56 bits per heavy atom. The van der Waals surface area contributed by atoms with E-state index in [1.807, 2.05) is 54.6 Å². The third-order valence-electron chi connectivity index (χ3n) is 5.71. The molecule has 0 bridgehead atoms. The summed E-state index contributed by atoms with van der Waals surface area (Å²) in [7, 11) is 1.55. The molecule has 0 saturated heterocycles. The Balaban J connectivity index is 1.71. The molecule has 1 amide bonds. The van der Waals surface area contributed by atoms with Gasteiger partial charge in [-0.1, -0.05) is 54.6 Å². The molecule has 1 aliphatic rings. The summed E-state index contributed by atoms with van der Waals surface area (Å²) >= 11 is 0. The molecule has 0 saturated carbocycles. The molecule has 0 fully saturated rings. The number of nitrogens with one attached hydrogen (secondary N) is 1. The summed E-state index contributed by atoms with van der Waals surface area (Å²) in [5.74, 6) is 0.553. The molecule has 1 N–H and O–H groups in total. The van der Waals surface area contributed by atoms with Crippen molar-refractivity contribution in [2.45, 2.75) is 13.1 Å². The zero-order valence-corrected chi connectivity index (χ0v) is 18.7. The number of hydrogen-bond acceptors (Lipinski definition) is 5. The number of carbonyl (C=O) groups is 1. The first-order chi connectivity index (χ1) is 16.6. The Bertz CT molecular complexity index is 1470. The summed E-state index contributed by atoms with van der Waals surface area (Å²) in [4.78, 5) is 36.0. The molecule has 34 heavy (non-hydrogen) atoms. The van der Waals surface area contributed by atoms with Gasteiger partial charge in [-0.05, 0) is 31.2 Å². The second-order valence-electron chi connectivity index (χ2n) is 7.91. The fourth-order valence-electron chi connectivity index (χ4n) is 4.00. The minimum Gasteiger partial charge on any atom is -0.497 e. The molecule has 0 spiro atoms. The first-order valence-electron chi connectivity index (χ1n) is 10.8. The summed E-state index contributed by atoms with van der Waals surface area (Å²) in [5.41, 5.74) is 3.69. The third-order valence-corrected chi connectivity index (χ3v) is 5.71. The second-order valence-corrected chi connectivity index (χ2v) is 7.91. The summed E-state index contributed by atoms with van der Waals surface area (Å²) < 4.78 is 6.79. The summed E-state index contributed by atoms with van der Waals surface area (Å²) in [6.45, 7) is 1.72. The molecule has 1 aliphatic heterocycles. The summed E-state index contributed by atoms with van der Waals surface area (Å²) in [5, 5.41) is 2.96. The third kappa shape index (κ3) is 3.77. The van der Waals surface area contributed by atoms with E-state index < -0.39 is 6.17 Å². The Labute approximate surface area is 196 Å². The Kier molecular flexibility index (Phi) is 5.51. The van der Waals surface area contributed by atoms with Crippen LogP contribution in [-0.4, -0.2) is 28.3 Å². The number of nitrogens with zero attached hydrogens (tertiary/aromatic N) is 3. The van der Waals surface area contributed by atoms with Gasteiger partial charge in [-0.2, -0.15) is 0 Å². The molecule has 1 aromatic heterocycles. The fraction of sp³-hybridized carbons (Fsp3) is 0.111. The van der Waals surface area contributed by atoms with Gasteiger partial charge in [0.2, 0.25) is 0 Å². The predicted molar refractivity (Wildman–Crippen MR) is 130 cm³/mol. The van der Waals surface area contributed by atoms with Crippen molar-refractivity contribution in [3.05, 3.63) is 123 Å². The highest BCUT2D eigenvalue weighted by Crippen LogP contribution is 2.28. The van der Waals surface area contributed by atoms with Gasteiger partial charge in [-0.3, -0.25) is 19.1 Å². The van der Waals surface area contributed by atoms with Crippen LogP contribution >= 0.6 is 0 Å². The number of para-hydroxylation sites is 1. The lowest BCUT2D eigenvalue weighted by atomic mass is 10.0. The average Bonchev–Trinajstić information content (AvgIpc) is 3.02. The maximum atomic E-state index is 13.3. The van der Waals surface area contributed by atoms with E-state index in [2.05, 4.69) is 10.3 Å². The van der Waals surface area contributed by atoms with Crippen LogP contribution in [0.15, 0.2) is 94.8 Å². The average molecular weight is 450 g/mol. The van der Waals surface area contributed by atoms with Crippen molar-refractivity contribution >= 4 is 11.6 Å². The number of amides is 1. The van der Waals surface area contributed by atoms with E-state index in [0.29, 0.717) is 34.1 Å². The lowest BCUT2D eigenvalue weighted by Crippen LogP contribution is -2.33. The maximum absolute atomic E-state index is 13.3. The van der Waals surface area contributed by atoms with Crippen molar-refractivity contribution in [1.29, 1.82) is 0 Å². The molecule has 0 radical (unpaired) electrons. The van der Waals surface area contributed by atoms with E-state index in [1.165, 1.54) is 6.20 Å². The van der Waals surface area contributed by atoms with Crippen LogP contribution in [-0.2, 0) is 0 Å². The van der Waals surface area contributed by atoms with Crippen LogP contribution in [0.25, 0.3) is 5.69 Å². The number of aryl methyl sites for hydroxylation is 1. The minimum absolute atomic E-state index is 0.206. The number of rotatable bonds is 4. The van der Waals surface area contributed by atoms with Crippen LogP contribution in [0.1, 0.15) is 39.0 Å². The van der Waals surface area contributed by atoms with Crippen molar-refractivity contribution in [3.8, 4) is 11.4 Å². The number of hydrogen-bond donors (Lipinski definition) is 1. The molecule has 4 aromatic rings. The van der Waals surface area contributed by atoms with Crippen LogP contribution in [0.2, 0.25) is 0 Å². The van der Waals surface area contributed by atoms with Crippen molar-refractivity contribution in [3.63, 3.8) is 0 Å². The number of fused-ring (bicyclic) bond motifs is 3. The Morgan fingerprint density at radius 1 is 1.00 bits per heavy atom. The second kappa shape index (κ2) is 8.78. The molecular formula is C27H22N4O3. The van der Waals surface area contributed by atoms with Crippen LogP contribution < -0.4 is 15.6 Å². The van der Waals surface area contributed by atoms with E-state index in [0.717, 1.165) is 11.1 Å². The number of aliphatic imine (C=N–C) groups is 1. The Hall–Kier alpha value is -4.52. The molecule has 7 nitrogen and oxygen atoms in total. The van der Waals surface area contributed by atoms with Gasteiger partial charge in [0.25, 0.3) is 11.5 Å². The summed E-state index contributed by atoms with van der Waals surface area (Å²) in [6.07, 6.45) is 0.624. The van der Waals surface area contributed by atoms with E-state index in [9.17, 15) is 9.59 Å². The van der Waals surface area contributed by atoms with Crippen LogP contribution in [0, 0.1) is 6.92 Å². The number of carbonyl (C=O) groups excluding carboxylic acids is 1. The molecule has 3 aromatic carbocycles. The van der Waals surface area contributed by atoms with Gasteiger partial charge in [-0.25, -0.2) is 4.98 Å². The van der Waals surface area contributed by atoms with Crippen molar-refractivity contribution < 1.29 is 9.53 Å². The predicted octanol–water partition coefficient (Wildman–Crippen LogP) is 3.83. The van der Waals surface area contributed by atoms with Crippen LogP contribution in [0.3, 0.4) is 0 Å². The number of aromatic nitrogens is 2.